The van der Waals surface area contributed by atoms with Crippen LogP contribution in [0.1, 0.15) is 41.4 Å². The summed E-state index contributed by atoms with van der Waals surface area (Å²) in [5.41, 5.74) is 4.20. The molecule has 21 heavy (non-hydrogen) atoms. The number of ketones is 1. The van der Waals surface area contributed by atoms with Gasteiger partial charge in [0.05, 0.1) is 28.0 Å². The van der Waals surface area contributed by atoms with Crippen molar-refractivity contribution in [3.8, 4) is 5.88 Å². The summed E-state index contributed by atoms with van der Waals surface area (Å²) in [5, 5.41) is 14.2. The number of aromatic hydroxyl groups is 1. The molecular weight excluding hydrogens is 286 g/mol. The van der Waals surface area contributed by atoms with E-state index >= 15 is 0 Å². The molecule has 0 bridgehead atoms. The van der Waals surface area contributed by atoms with Crippen molar-refractivity contribution >= 4 is 27.3 Å². The maximum absolute atomic E-state index is 12.7. The van der Waals surface area contributed by atoms with E-state index in [4.69, 9.17) is 0 Å². The van der Waals surface area contributed by atoms with E-state index in [1.54, 1.807) is 22.9 Å². The van der Waals surface area contributed by atoms with Crippen LogP contribution in [0, 0.1) is 6.92 Å². The van der Waals surface area contributed by atoms with Gasteiger partial charge in [0.2, 0.25) is 5.88 Å². The zero-order valence-corrected chi connectivity index (χ0v) is 12.8. The normalized spacial score (nSPS) is 11.4. The third-order valence-electron chi connectivity index (χ3n) is 3.50. The fourth-order valence-electron chi connectivity index (χ4n) is 2.35. The number of aromatic nitrogens is 3. The summed E-state index contributed by atoms with van der Waals surface area (Å²) < 4.78 is 2.48. The number of hydrogen-bond acceptors (Lipinski definition) is 5. The van der Waals surface area contributed by atoms with Crippen LogP contribution in [0.2, 0.25) is 0 Å². The maximum atomic E-state index is 12.7. The number of rotatable bonds is 3. The van der Waals surface area contributed by atoms with Gasteiger partial charge in [0, 0.05) is 5.56 Å². The molecule has 5 nitrogen and oxygen atoms in total. The molecule has 0 fully saturated rings. The van der Waals surface area contributed by atoms with Gasteiger partial charge < -0.3 is 5.11 Å². The van der Waals surface area contributed by atoms with Crippen molar-refractivity contribution in [3.63, 3.8) is 0 Å². The third-order valence-corrected chi connectivity index (χ3v) is 4.30. The first-order valence-corrected chi connectivity index (χ1v) is 7.52. The summed E-state index contributed by atoms with van der Waals surface area (Å²) >= 11 is 1.54. The van der Waals surface area contributed by atoms with E-state index in [9.17, 15) is 9.90 Å². The summed E-state index contributed by atoms with van der Waals surface area (Å²) in [7, 11) is 0. The molecule has 6 heteroatoms. The highest BCUT2D eigenvalue weighted by Gasteiger charge is 2.22. The second-order valence-electron chi connectivity index (χ2n) is 5.19. The van der Waals surface area contributed by atoms with Crippen LogP contribution in [-0.2, 0) is 0 Å². The molecule has 3 aromatic rings. The average molecular weight is 301 g/mol. The van der Waals surface area contributed by atoms with Gasteiger partial charge in [-0.3, -0.25) is 4.79 Å². The third kappa shape index (κ3) is 2.12. The lowest BCUT2D eigenvalue weighted by Crippen LogP contribution is -2.05. The SMILES string of the molecule is Cc1c(C(=O)c2cnn(C(C)C)c2O)ccc2scnc12. The van der Waals surface area contributed by atoms with Crippen LogP contribution >= 0.6 is 11.3 Å². The molecule has 1 aromatic carbocycles. The van der Waals surface area contributed by atoms with Crippen LogP contribution in [0.25, 0.3) is 10.2 Å². The smallest absolute Gasteiger partial charge is 0.221 e. The zero-order chi connectivity index (χ0) is 15.1. The molecule has 0 spiro atoms. The Morgan fingerprint density at radius 1 is 1.33 bits per heavy atom. The molecule has 0 atom stereocenters. The Morgan fingerprint density at radius 2 is 2.10 bits per heavy atom. The van der Waals surface area contributed by atoms with E-state index in [2.05, 4.69) is 10.1 Å². The van der Waals surface area contributed by atoms with Gasteiger partial charge in [-0.2, -0.15) is 5.10 Å². The van der Waals surface area contributed by atoms with E-state index in [0.29, 0.717) is 5.56 Å². The Bertz CT molecular complexity index is 833. The van der Waals surface area contributed by atoms with E-state index in [1.165, 1.54) is 10.9 Å². The largest absolute Gasteiger partial charge is 0.493 e. The zero-order valence-electron chi connectivity index (χ0n) is 12.0. The molecule has 0 radical (unpaired) electrons. The first-order chi connectivity index (χ1) is 10.0. The summed E-state index contributed by atoms with van der Waals surface area (Å²) in [6.45, 7) is 5.67. The molecule has 2 heterocycles. The lowest BCUT2D eigenvalue weighted by atomic mass is 10.00. The van der Waals surface area contributed by atoms with Crippen molar-refractivity contribution < 1.29 is 9.90 Å². The number of benzene rings is 1. The van der Waals surface area contributed by atoms with Crippen molar-refractivity contribution in [3.05, 3.63) is 40.5 Å². The van der Waals surface area contributed by atoms with Gasteiger partial charge in [0.15, 0.2) is 5.78 Å². The lowest BCUT2D eigenvalue weighted by Gasteiger charge is -2.08. The minimum absolute atomic E-state index is 0.00586. The van der Waals surface area contributed by atoms with Crippen LogP contribution in [0.3, 0.4) is 0 Å². The molecule has 0 aliphatic heterocycles. The van der Waals surface area contributed by atoms with E-state index in [1.807, 2.05) is 26.8 Å². The number of thiazole rings is 1. The van der Waals surface area contributed by atoms with Crippen LogP contribution < -0.4 is 0 Å². The van der Waals surface area contributed by atoms with Gasteiger partial charge in [-0.25, -0.2) is 9.67 Å². The number of nitrogens with zero attached hydrogens (tertiary/aromatic N) is 3. The monoisotopic (exact) mass is 301 g/mol. The quantitative estimate of drug-likeness (QED) is 0.754. The molecule has 0 unspecified atom stereocenters. The van der Waals surface area contributed by atoms with E-state index < -0.39 is 0 Å². The highest BCUT2D eigenvalue weighted by atomic mass is 32.1. The minimum atomic E-state index is -0.230. The molecule has 0 aliphatic rings. The minimum Gasteiger partial charge on any atom is -0.493 e. The number of fused-ring (bicyclic) bond motifs is 1. The first kappa shape index (κ1) is 13.8. The van der Waals surface area contributed by atoms with E-state index in [0.717, 1.165) is 15.8 Å². The summed E-state index contributed by atoms with van der Waals surface area (Å²) in [4.78, 5) is 16.9. The van der Waals surface area contributed by atoms with Gasteiger partial charge in [0.25, 0.3) is 0 Å². The molecule has 0 saturated heterocycles. The fourth-order valence-corrected chi connectivity index (χ4v) is 3.09. The number of aryl methyl sites for hydroxylation is 1. The standard InChI is InChI=1S/C15H15N3O2S/c1-8(2)18-15(20)11(6-17-18)14(19)10-4-5-12-13(9(10)3)16-7-21-12/h4-8,20H,1-3H3. The van der Waals surface area contributed by atoms with Crippen molar-refractivity contribution in [1.82, 2.24) is 14.8 Å². The Kier molecular flexibility index (Phi) is 3.25. The predicted octanol–water partition coefficient (Wildman–Crippen LogP) is 3.32. The second kappa shape index (κ2) is 4.96. The fraction of sp³-hybridized carbons (Fsp3) is 0.267. The lowest BCUT2D eigenvalue weighted by molar-refractivity contribution is 0.103. The molecule has 0 saturated carbocycles. The van der Waals surface area contributed by atoms with Crippen LogP contribution in [0.4, 0.5) is 0 Å². The Hall–Kier alpha value is -2.21. The Morgan fingerprint density at radius 3 is 2.76 bits per heavy atom. The first-order valence-electron chi connectivity index (χ1n) is 6.64. The molecule has 0 amide bonds. The second-order valence-corrected chi connectivity index (χ2v) is 6.07. The van der Waals surface area contributed by atoms with Gasteiger partial charge in [-0.05, 0) is 38.5 Å². The number of hydrogen-bond donors (Lipinski definition) is 1. The van der Waals surface area contributed by atoms with Crippen molar-refractivity contribution in [2.45, 2.75) is 26.8 Å². The van der Waals surface area contributed by atoms with Gasteiger partial charge in [0.1, 0.15) is 5.56 Å². The highest BCUT2D eigenvalue weighted by molar-refractivity contribution is 7.16. The van der Waals surface area contributed by atoms with Crippen molar-refractivity contribution in [2.24, 2.45) is 0 Å². The summed E-state index contributed by atoms with van der Waals surface area (Å²) in [6.07, 6.45) is 1.42. The molecule has 1 N–H and O–H groups in total. The Balaban J connectivity index is 2.10. The van der Waals surface area contributed by atoms with Crippen molar-refractivity contribution in [1.29, 1.82) is 0 Å². The molecule has 3 rings (SSSR count). The highest BCUT2D eigenvalue weighted by Crippen LogP contribution is 2.28. The number of carbonyl (C=O) groups excluding carboxylic acids is 1. The molecule has 0 aliphatic carbocycles. The van der Waals surface area contributed by atoms with Crippen LogP contribution in [-0.4, -0.2) is 25.7 Å². The van der Waals surface area contributed by atoms with Crippen molar-refractivity contribution in [2.75, 3.05) is 0 Å². The van der Waals surface area contributed by atoms with E-state index in [-0.39, 0.29) is 23.3 Å². The summed E-state index contributed by atoms with van der Waals surface area (Å²) in [6, 6.07) is 3.66. The topological polar surface area (TPSA) is 68.0 Å². The van der Waals surface area contributed by atoms with Gasteiger partial charge in [-0.15, -0.1) is 11.3 Å². The maximum Gasteiger partial charge on any atom is 0.221 e. The van der Waals surface area contributed by atoms with Crippen LogP contribution in [0.15, 0.2) is 23.8 Å². The van der Waals surface area contributed by atoms with Gasteiger partial charge >= 0.3 is 0 Å². The Labute approximate surface area is 125 Å². The average Bonchev–Trinajstić information content (AvgIpc) is 3.05. The number of carbonyl (C=O) groups is 1. The summed E-state index contributed by atoms with van der Waals surface area (Å²) in [5.74, 6) is -0.320. The predicted molar refractivity (Wildman–Crippen MR) is 82.1 cm³/mol. The molecular formula is C15H15N3O2S. The molecule has 2 aromatic heterocycles. The van der Waals surface area contributed by atoms with Crippen LogP contribution in [0.5, 0.6) is 5.88 Å². The van der Waals surface area contributed by atoms with Gasteiger partial charge in [-0.1, -0.05) is 0 Å². The molecule has 108 valence electrons.